The Labute approximate surface area is 158 Å². The van der Waals surface area contributed by atoms with Crippen molar-refractivity contribution in [3.8, 4) is 0 Å². The van der Waals surface area contributed by atoms with Gasteiger partial charge in [-0.1, -0.05) is 18.2 Å². The Morgan fingerprint density at radius 3 is 2.74 bits per heavy atom. The third-order valence-corrected chi connectivity index (χ3v) is 5.54. The number of hydrogen-bond donors (Lipinski definition) is 2. The van der Waals surface area contributed by atoms with E-state index in [-0.39, 0.29) is 18.0 Å². The Kier molecular flexibility index (Phi) is 6.29. The Morgan fingerprint density at radius 1 is 1.26 bits per heavy atom. The van der Waals surface area contributed by atoms with E-state index in [1.54, 1.807) is 0 Å². The van der Waals surface area contributed by atoms with E-state index in [1.807, 2.05) is 6.92 Å². The van der Waals surface area contributed by atoms with Gasteiger partial charge in [-0.3, -0.25) is 4.90 Å². The number of nitrogens with one attached hydrogen (secondary N) is 2. The van der Waals surface area contributed by atoms with E-state index < -0.39 is 12.7 Å². The summed E-state index contributed by atoms with van der Waals surface area (Å²) in [6.45, 7) is 2.28. The monoisotopic (exact) mass is 383 g/mol. The molecule has 4 nitrogen and oxygen atoms in total. The molecule has 150 valence electrons. The van der Waals surface area contributed by atoms with E-state index in [4.69, 9.17) is 0 Å². The number of alkyl halides is 3. The molecule has 0 bridgehead atoms. The van der Waals surface area contributed by atoms with Crippen molar-refractivity contribution in [3.63, 3.8) is 0 Å². The quantitative estimate of drug-likeness (QED) is 0.812. The molecule has 2 amide bonds. The van der Waals surface area contributed by atoms with Gasteiger partial charge in [-0.15, -0.1) is 0 Å². The van der Waals surface area contributed by atoms with Crippen molar-refractivity contribution in [2.24, 2.45) is 5.92 Å². The summed E-state index contributed by atoms with van der Waals surface area (Å²) in [4.78, 5) is 13.6. The van der Waals surface area contributed by atoms with E-state index in [9.17, 15) is 18.0 Å². The van der Waals surface area contributed by atoms with Crippen LogP contribution in [0, 0.1) is 5.92 Å². The molecule has 2 atom stereocenters. The van der Waals surface area contributed by atoms with Gasteiger partial charge in [0.15, 0.2) is 0 Å². The maximum absolute atomic E-state index is 12.4. The van der Waals surface area contributed by atoms with Crippen LogP contribution in [0.25, 0.3) is 0 Å². The zero-order chi connectivity index (χ0) is 19.4. The number of benzene rings is 1. The Bertz CT molecular complexity index is 662. The molecule has 0 saturated carbocycles. The molecule has 2 unspecified atom stereocenters. The molecule has 1 aromatic rings. The van der Waals surface area contributed by atoms with Crippen LogP contribution < -0.4 is 10.6 Å². The van der Waals surface area contributed by atoms with Crippen molar-refractivity contribution in [2.75, 3.05) is 26.2 Å². The number of carbonyl (C=O) groups excluding carboxylic acids is 1. The fourth-order valence-electron chi connectivity index (χ4n) is 4.07. The molecular formula is C20H28F3N3O. The number of fused-ring (bicyclic) bond motifs is 1. The molecule has 7 heteroatoms. The second-order valence-electron chi connectivity index (χ2n) is 7.82. The van der Waals surface area contributed by atoms with Gasteiger partial charge in [0.2, 0.25) is 0 Å². The molecule has 0 radical (unpaired) electrons. The minimum absolute atomic E-state index is 0.0668. The average Bonchev–Trinajstić information content (AvgIpc) is 3.05. The molecule has 1 aliphatic heterocycles. The van der Waals surface area contributed by atoms with E-state index >= 15 is 0 Å². The number of carbonyl (C=O) groups is 1. The summed E-state index contributed by atoms with van der Waals surface area (Å²) in [5.41, 5.74) is 3.87. The zero-order valence-corrected chi connectivity index (χ0v) is 15.7. The van der Waals surface area contributed by atoms with E-state index in [2.05, 4.69) is 28.8 Å². The SMILES string of the molecule is CC(NC(=O)NCC1CCN(CC(F)(F)F)C1)c1ccc2c(c1)CCCC2. The first-order valence-corrected chi connectivity index (χ1v) is 9.75. The molecule has 1 aromatic carbocycles. The fraction of sp³-hybridized carbons (Fsp3) is 0.650. The van der Waals surface area contributed by atoms with Crippen LogP contribution in [0.4, 0.5) is 18.0 Å². The minimum Gasteiger partial charge on any atom is -0.338 e. The lowest BCUT2D eigenvalue weighted by molar-refractivity contribution is -0.143. The van der Waals surface area contributed by atoms with Gasteiger partial charge < -0.3 is 10.6 Å². The largest absolute Gasteiger partial charge is 0.401 e. The highest BCUT2D eigenvalue weighted by molar-refractivity contribution is 5.74. The predicted octanol–water partition coefficient (Wildman–Crippen LogP) is 3.81. The van der Waals surface area contributed by atoms with Crippen molar-refractivity contribution in [1.29, 1.82) is 0 Å². The zero-order valence-electron chi connectivity index (χ0n) is 15.7. The van der Waals surface area contributed by atoms with Crippen molar-refractivity contribution < 1.29 is 18.0 Å². The second-order valence-corrected chi connectivity index (χ2v) is 7.82. The van der Waals surface area contributed by atoms with Gasteiger partial charge in [0, 0.05) is 13.1 Å². The van der Waals surface area contributed by atoms with Gasteiger partial charge in [-0.2, -0.15) is 13.2 Å². The molecule has 1 saturated heterocycles. The summed E-state index contributed by atoms with van der Waals surface area (Å²) in [5.74, 6) is 0.0668. The number of rotatable bonds is 5. The third kappa shape index (κ3) is 5.86. The maximum atomic E-state index is 12.4. The van der Waals surface area contributed by atoms with Crippen LogP contribution in [-0.4, -0.2) is 43.3 Å². The third-order valence-electron chi connectivity index (χ3n) is 5.54. The first-order chi connectivity index (χ1) is 12.8. The van der Waals surface area contributed by atoms with Crippen molar-refractivity contribution >= 4 is 6.03 Å². The highest BCUT2D eigenvalue weighted by Gasteiger charge is 2.34. The number of amides is 2. The first kappa shape index (κ1) is 20.0. The number of urea groups is 1. The van der Waals surface area contributed by atoms with Crippen molar-refractivity contribution in [3.05, 3.63) is 34.9 Å². The lowest BCUT2D eigenvalue weighted by Gasteiger charge is -2.21. The first-order valence-electron chi connectivity index (χ1n) is 9.75. The van der Waals surface area contributed by atoms with Gasteiger partial charge in [-0.05, 0) is 68.2 Å². The summed E-state index contributed by atoms with van der Waals surface area (Å²) < 4.78 is 37.3. The number of hydrogen-bond acceptors (Lipinski definition) is 2. The van der Waals surface area contributed by atoms with E-state index in [0.717, 1.165) is 18.4 Å². The van der Waals surface area contributed by atoms with Crippen molar-refractivity contribution in [1.82, 2.24) is 15.5 Å². The fourth-order valence-corrected chi connectivity index (χ4v) is 4.07. The molecule has 2 aliphatic rings. The summed E-state index contributed by atoms with van der Waals surface area (Å²) >= 11 is 0. The molecule has 2 N–H and O–H groups in total. The molecule has 0 aromatic heterocycles. The van der Waals surface area contributed by atoms with Crippen LogP contribution in [0.15, 0.2) is 18.2 Å². The number of aryl methyl sites for hydroxylation is 2. The average molecular weight is 383 g/mol. The highest BCUT2D eigenvalue weighted by Crippen LogP contribution is 2.25. The smallest absolute Gasteiger partial charge is 0.338 e. The summed E-state index contributed by atoms with van der Waals surface area (Å²) in [7, 11) is 0. The standard InChI is InChI=1S/C20H28F3N3O/c1-14(17-7-6-16-4-2-3-5-18(16)10-17)25-19(27)24-11-15-8-9-26(12-15)13-20(21,22)23/h6-7,10,14-15H,2-5,8-9,11-13H2,1H3,(H2,24,25,27). The normalized spacial score (nSPS) is 21.6. The van der Waals surface area contributed by atoms with E-state index in [1.165, 1.54) is 28.9 Å². The Hall–Kier alpha value is -1.76. The molecule has 1 heterocycles. The summed E-state index contributed by atoms with van der Waals surface area (Å²) in [5, 5.41) is 5.75. The minimum atomic E-state index is -4.16. The number of nitrogens with zero attached hydrogens (tertiary/aromatic N) is 1. The summed E-state index contributed by atoms with van der Waals surface area (Å²) in [6.07, 6.45) is 1.19. The molecule has 1 fully saturated rings. The molecule has 3 rings (SSSR count). The number of likely N-dealkylation sites (tertiary alicyclic amines) is 1. The van der Waals surface area contributed by atoms with Gasteiger partial charge in [0.25, 0.3) is 0 Å². The Morgan fingerprint density at radius 2 is 2.00 bits per heavy atom. The van der Waals surface area contributed by atoms with Crippen LogP contribution in [0.5, 0.6) is 0 Å². The molecule has 0 spiro atoms. The van der Waals surface area contributed by atoms with Crippen molar-refractivity contribution in [2.45, 2.75) is 51.2 Å². The van der Waals surface area contributed by atoms with Gasteiger partial charge in [-0.25, -0.2) is 4.79 Å². The maximum Gasteiger partial charge on any atom is 0.401 e. The molecular weight excluding hydrogens is 355 g/mol. The van der Waals surface area contributed by atoms with E-state index in [0.29, 0.717) is 26.1 Å². The highest BCUT2D eigenvalue weighted by atomic mass is 19.4. The molecule has 1 aliphatic carbocycles. The second kappa shape index (κ2) is 8.50. The Balaban J connectivity index is 1.43. The van der Waals surface area contributed by atoms with Gasteiger partial charge in [0.1, 0.15) is 0 Å². The number of halogens is 3. The lowest BCUT2D eigenvalue weighted by Crippen LogP contribution is -2.40. The topological polar surface area (TPSA) is 44.4 Å². The van der Waals surface area contributed by atoms with Crippen LogP contribution in [-0.2, 0) is 12.8 Å². The molecule has 27 heavy (non-hydrogen) atoms. The van der Waals surface area contributed by atoms with Crippen LogP contribution in [0.2, 0.25) is 0 Å². The van der Waals surface area contributed by atoms with Gasteiger partial charge >= 0.3 is 12.2 Å². The predicted molar refractivity (Wildman–Crippen MR) is 98.6 cm³/mol. The summed E-state index contributed by atoms with van der Waals surface area (Å²) in [6, 6.07) is 6.04. The van der Waals surface area contributed by atoms with Crippen LogP contribution >= 0.6 is 0 Å². The van der Waals surface area contributed by atoms with Crippen LogP contribution in [0.3, 0.4) is 0 Å². The lowest BCUT2D eigenvalue weighted by atomic mass is 9.89. The van der Waals surface area contributed by atoms with Crippen LogP contribution in [0.1, 0.15) is 48.9 Å². The van der Waals surface area contributed by atoms with Gasteiger partial charge in [0.05, 0.1) is 12.6 Å².